The second-order valence-corrected chi connectivity index (χ2v) is 4.17. The third-order valence-corrected chi connectivity index (χ3v) is 3.15. The number of hydrogen-bond donors (Lipinski definition) is 0. The third kappa shape index (κ3) is 2.10. The first-order valence-corrected chi connectivity index (χ1v) is 4.96. The van der Waals surface area contributed by atoms with Gasteiger partial charge in [0.05, 0.1) is 0 Å². The summed E-state index contributed by atoms with van der Waals surface area (Å²) in [6.45, 7) is 9.32. The zero-order valence-corrected chi connectivity index (χ0v) is 8.80. The van der Waals surface area contributed by atoms with Crippen molar-refractivity contribution in [2.75, 3.05) is 20.1 Å². The van der Waals surface area contributed by atoms with Gasteiger partial charge in [0.25, 0.3) is 0 Å². The normalized spacial score (nSPS) is 33.8. The molecular weight excluding hydrogens is 146 g/mol. The number of allylic oxidation sites excluding steroid dienone is 2. The largest absolute Gasteiger partial charge is 0.306 e. The Balaban J connectivity index is 2.56. The average molecular weight is 167 g/mol. The van der Waals surface area contributed by atoms with Crippen molar-refractivity contribution in [1.29, 1.82) is 0 Å². The molecule has 1 nitrogen and oxygen atoms in total. The fourth-order valence-electron chi connectivity index (χ4n) is 2.24. The van der Waals surface area contributed by atoms with Crippen molar-refractivity contribution in [2.45, 2.75) is 27.2 Å². The number of nitrogens with zero attached hydrogens (tertiary/aromatic N) is 1. The van der Waals surface area contributed by atoms with E-state index >= 15 is 0 Å². The van der Waals surface area contributed by atoms with Crippen LogP contribution < -0.4 is 0 Å². The minimum Gasteiger partial charge on any atom is -0.306 e. The molecule has 0 aromatic heterocycles. The molecule has 1 fully saturated rings. The van der Waals surface area contributed by atoms with Crippen LogP contribution in [0.1, 0.15) is 27.2 Å². The molecule has 0 N–H and O–H groups in total. The highest BCUT2D eigenvalue weighted by Crippen LogP contribution is 2.28. The zero-order valence-electron chi connectivity index (χ0n) is 8.80. The van der Waals surface area contributed by atoms with E-state index in [1.54, 1.807) is 5.57 Å². The average Bonchev–Trinajstić information content (AvgIpc) is 2.03. The highest BCUT2D eigenvalue weighted by Gasteiger charge is 2.24. The van der Waals surface area contributed by atoms with Gasteiger partial charge in [0.15, 0.2) is 0 Å². The Morgan fingerprint density at radius 2 is 2.17 bits per heavy atom. The molecule has 1 saturated heterocycles. The van der Waals surface area contributed by atoms with Crippen molar-refractivity contribution < 1.29 is 0 Å². The van der Waals surface area contributed by atoms with Gasteiger partial charge in [-0.15, -0.1) is 0 Å². The Hall–Kier alpha value is -0.300. The maximum Gasteiger partial charge on any atom is 0.000970 e. The van der Waals surface area contributed by atoms with Crippen molar-refractivity contribution in [1.82, 2.24) is 4.90 Å². The van der Waals surface area contributed by atoms with Crippen molar-refractivity contribution in [3.63, 3.8) is 0 Å². The van der Waals surface area contributed by atoms with Gasteiger partial charge in [-0.3, -0.25) is 0 Å². The lowest BCUT2D eigenvalue weighted by Gasteiger charge is -2.35. The van der Waals surface area contributed by atoms with Crippen molar-refractivity contribution in [3.05, 3.63) is 11.6 Å². The van der Waals surface area contributed by atoms with Crippen molar-refractivity contribution in [3.8, 4) is 0 Å². The summed E-state index contributed by atoms with van der Waals surface area (Å²) in [4.78, 5) is 2.43. The molecule has 0 amide bonds. The van der Waals surface area contributed by atoms with Gasteiger partial charge in [-0.05, 0) is 45.7 Å². The molecule has 0 aliphatic carbocycles. The molecule has 1 heteroatoms. The highest BCUT2D eigenvalue weighted by atomic mass is 15.1. The first-order valence-electron chi connectivity index (χ1n) is 4.96. The quantitative estimate of drug-likeness (QED) is 0.542. The maximum absolute atomic E-state index is 2.43. The third-order valence-electron chi connectivity index (χ3n) is 3.15. The summed E-state index contributed by atoms with van der Waals surface area (Å²) in [5.74, 6) is 1.67. The fraction of sp³-hybridized carbons (Fsp3) is 0.818. The topological polar surface area (TPSA) is 3.24 Å². The summed E-state index contributed by atoms with van der Waals surface area (Å²) in [5, 5.41) is 0. The van der Waals surface area contributed by atoms with Gasteiger partial charge >= 0.3 is 0 Å². The molecule has 0 aromatic carbocycles. The molecule has 12 heavy (non-hydrogen) atoms. The van der Waals surface area contributed by atoms with E-state index in [1.807, 2.05) is 0 Å². The van der Waals surface area contributed by atoms with Crippen LogP contribution in [-0.2, 0) is 0 Å². The molecule has 0 saturated carbocycles. The minimum absolute atomic E-state index is 0.833. The molecule has 2 atom stereocenters. The molecular formula is C11H21N. The first-order chi connectivity index (χ1) is 5.65. The first kappa shape index (κ1) is 9.79. The standard InChI is InChI=1S/C11H21N/c1-5-9(2)11-6-7-12(4)8-10(11)3/h5,10-11H,6-8H2,1-4H3/b9-5-/t10-,11+/m1/s1. The van der Waals surface area contributed by atoms with Gasteiger partial charge < -0.3 is 4.90 Å². The van der Waals surface area contributed by atoms with E-state index in [-0.39, 0.29) is 0 Å². The number of hydrogen-bond acceptors (Lipinski definition) is 1. The number of rotatable bonds is 1. The van der Waals surface area contributed by atoms with Crippen LogP contribution in [0.25, 0.3) is 0 Å². The second kappa shape index (κ2) is 4.08. The van der Waals surface area contributed by atoms with Crippen molar-refractivity contribution in [2.24, 2.45) is 11.8 Å². The molecule has 1 aliphatic heterocycles. The van der Waals surface area contributed by atoms with E-state index in [9.17, 15) is 0 Å². The summed E-state index contributed by atoms with van der Waals surface area (Å²) in [6.07, 6.45) is 3.61. The van der Waals surface area contributed by atoms with Crippen LogP contribution in [0.15, 0.2) is 11.6 Å². The zero-order chi connectivity index (χ0) is 9.14. The van der Waals surface area contributed by atoms with Gasteiger partial charge in [-0.1, -0.05) is 18.6 Å². The summed E-state index contributed by atoms with van der Waals surface area (Å²) >= 11 is 0. The van der Waals surface area contributed by atoms with Crippen LogP contribution in [-0.4, -0.2) is 25.0 Å². The van der Waals surface area contributed by atoms with Crippen LogP contribution >= 0.6 is 0 Å². The Labute approximate surface area is 76.5 Å². The predicted octanol–water partition coefficient (Wildman–Crippen LogP) is 2.54. The highest BCUT2D eigenvalue weighted by molar-refractivity contribution is 5.05. The minimum atomic E-state index is 0.833. The molecule has 0 bridgehead atoms. The Kier molecular flexibility index (Phi) is 3.33. The van der Waals surface area contributed by atoms with Crippen LogP contribution in [0, 0.1) is 11.8 Å². The van der Waals surface area contributed by atoms with E-state index in [0.29, 0.717) is 0 Å². The molecule has 70 valence electrons. The van der Waals surface area contributed by atoms with E-state index < -0.39 is 0 Å². The van der Waals surface area contributed by atoms with Crippen LogP contribution in [0.4, 0.5) is 0 Å². The van der Waals surface area contributed by atoms with Crippen LogP contribution in [0.3, 0.4) is 0 Å². The summed E-state index contributed by atoms with van der Waals surface area (Å²) in [5.41, 5.74) is 1.58. The lowest BCUT2D eigenvalue weighted by atomic mass is 9.82. The maximum atomic E-state index is 2.43. The second-order valence-electron chi connectivity index (χ2n) is 4.17. The molecule has 0 unspecified atom stereocenters. The number of piperidine rings is 1. The Bertz CT molecular complexity index is 172. The van der Waals surface area contributed by atoms with E-state index in [2.05, 4.69) is 38.8 Å². The molecule has 1 rings (SSSR count). The van der Waals surface area contributed by atoms with Gasteiger partial charge in [0, 0.05) is 6.54 Å². The summed E-state index contributed by atoms with van der Waals surface area (Å²) < 4.78 is 0. The van der Waals surface area contributed by atoms with Gasteiger partial charge in [-0.25, -0.2) is 0 Å². The van der Waals surface area contributed by atoms with Crippen LogP contribution in [0.2, 0.25) is 0 Å². The summed E-state index contributed by atoms with van der Waals surface area (Å²) in [6, 6.07) is 0. The monoisotopic (exact) mass is 167 g/mol. The van der Waals surface area contributed by atoms with Gasteiger partial charge in [0.2, 0.25) is 0 Å². The predicted molar refractivity (Wildman–Crippen MR) is 54.2 cm³/mol. The molecule has 0 spiro atoms. The molecule has 1 aliphatic rings. The van der Waals surface area contributed by atoms with E-state index in [4.69, 9.17) is 0 Å². The fourth-order valence-corrected chi connectivity index (χ4v) is 2.24. The molecule has 1 heterocycles. The van der Waals surface area contributed by atoms with Crippen LogP contribution in [0.5, 0.6) is 0 Å². The Morgan fingerprint density at radius 3 is 2.67 bits per heavy atom. The lowest BCUT2D eigenvalue weighted by Crippen LogP contribution is -2.37. The molecule has 0 radical (unpaired) electrons. The van der Waals surface area contributed by atoms with E-state index in [1.165, 1.54) is 19.5 Å². The van der Waals surface area contributed by atoms with Gasteiger partial charge in [-0.2, -0.15) is 0 Å². The van der Waals surface area contributed by atoms with Crippen molar-refractivity contribution >= 4 is 0 Å². The molecule has 0 aromatic rings. The van der Waals surface area contributed by atoms with Gasteiger partial charge in [0.1, 0.15) is 0 Å². The summed E-state index contributed by atoms with van der Waals surface area (Å²) in [7, 11) is 2.22. The van der Waals surface area contributed by atoms with E-state index in [0.717, 1.165) is 11.8 Å². The number of likely N-dealkylation sites (tertiary alicyclic amines) is 1. The SMILES string of the molecule is C/C=C(/C)[C@@H]1CCN(C)C[C@H]1C. The smallest absolute Gasteiger partial charge is 0.000970 e. The lowest BCUT2D eigenvalue weighted by molar-refractivity contribution is 0.175. The Morgan fingerprint density at radius 1 is 1.50 bits per heavy atom.